The lowest BCUT2D eigenvalue weighted by atomic mass is 10.2. The van der Waals surface area contributed by atoms with Crippen molar-refractivity contribution in [3.8, 4) is 0 Å². The van der Waals surface area contributed by atoms with Crippen LogP contribution in [-0.2, 0) is 6.54 Å². The summed E-state index contributed by atoms with van der Waals surface area (Å²) in [4.78, 5) is 23.9. The van der Waals surface area contributed by atoms with Crippen LogP contribution in [0.25, 0.3) is 0 Å². The van der Waals surface area contributed by atoms with E-state index >= 15 is 0 Å². The molecule has 5 nitrogen and oxygen atoms in total. The van der Waals surface area contributed by atoms with Crippen LogP contribution < -0.4 is 10.2 Å². The van der Waals surface area contributed by atoms with Gasteiger partial charge in [0.25, 0.3) is 5.91 Å². The quantitative estimate of drug-likeness (QED) is 0.631. The normalized spacial score (nSPS) is 10.8. The molecule has 0 saturated heterocycles. The molecule has 0 unspecified atom stereocenters. The van der Waals surface area contributed by atoms with Gasteiger partial charge in [0.1, 0.15) is 5.69 Å². The molecule has 28 heavy (non-hydrogen) atoms. The van der Waals surface area contributed by atoms with E-state index in [4.69, 9.17) is 11.6 Å². The lowest BCUT2D eigenvalue weighted by molar-refractivity contribution is 0.102. The number of hydrogen-bond donors (Lipinski definition) is 1. The molecule has 1 N–H and O–H groups in total. The molecule has 0 saturated carbocycles. The summed E-state index contributed by atoms with van der Waals surface area (Å²) in [5.41, 5.74) is 2.74. The lowest BCUT2D eigenvalue weighted by Crippen LogP contribution is -2.32. The van der Waals surface area contributed by atoms with Crippen molar-refractivity contribution < 1.29 is 4.79 Å². The molecule has 3 aromatic rings. The summed E-state index contributed by atoms with van der Waals surface area (Å²) in [7, 11) is 0. The maximum Gasteiger partial charge on any atom is 0.274 e. The minimum absolute atomic E-state index is 0.168. The van der Waals surface area contributed by atoms with Crippen LogP contribution in [0, 0.1) is 6.92 Å². The monoisotopic (exact) mass is 394 g/mol. The molecule has 1 aromatic heterocycles. The Bertz CT molecular complexity index is 960. The van der Waals surface area contributed by atoms with Crippen LogP contribution in [0.4, 0.5) is 11.6 Å². The first-order valence-electron chi connectivity index (χ1n) is 9.16. The van der Waals surface area contributed by atoms with Crippen molar-refractivity contribution in [3.63, 3.8) is 0 Å². The molecule has 3 rings (SSSR count). The summed E-state index contributed by atoms with van der Waals surface area (Å²) in [6.07, 6.45) is 0. The second-order valence-electron chi connectivity index (χ2n) is 6.84. The number of nitrogens with one attached hydrogen (secondary N) is 1. The van der Waals surface area contributed by atoms with E-state index in [9.17, 15) is 4.79 Å². The van der Waals surface area contributed by atoms with Crippen LogP contribution >= 0.6 is 11.6 Å². The van der Waals surface area contributed by atoms with Crippen molar-refractivity contribution in [2.45, 2.75) is 33.4 Å². The minimum atomic E-state index is -0.316. The summed E-state index contributed by atoms with van der Waals surface area (Å²) >= 11 is 6.14. The number of carbonyl (C=O) groups excluding carboxylic acids is 1. The Labute approximate surface area is 170 Å². The van der Waals surface area contributed by atoms with Gasteiger partial charge in [-0.05, 0) is 44.5 Å². The van der Waals surface area contributed by atoms with Gasteiger partial charge in [0.15, 0.2) is 0 Å². The van der Waals surface area contributed by atoms with E-state index in [1.165, 1.54) is 0 Å². The van der Waals surface area contributed by atoms with Gasteiger partial charge in [-0.3, -0.25) is 4.79 Å². The van der Waals surface area contributed by atoms with Crippen molar-refractivity contribution in [3.05, 3.63) is 82.6 Å². The van der Waals surface area contributed by atoms with Gasteiger partial charge < -0.3 is 10.2 Å². The van der Waals surface area contributed by atoms with Crippen molar-refractivity contribution in [2.75, 3.05) is 10.2 Å². The Morgan fingerprint density at radius 2 is 1.75 bits per heavy atom. The third-order valence-electron chi connectivity index (χ3n) is 4.27. The first-order chi connectivity index (χ1) is 13.4. The van der Waals surface area contributed by atoms with E-state index in [0.29, 0.717) is 28.9 Å². The molecular formula is C22H23ClN4O. The lowest BCUT2D eigenvalue weighted by Gasteiger charge is -2.27. The van der Waals surface area contributed by atoms with Gasteiger partial charge in [-0.25, -0.2) is 9.97 Å². The maximum atomic E-state index is 12.7. The number of aryl methyl sites for hydroxylation is 1. The molecule has 1 heterocycles. The van der Waals surface area contributed by atoms with Gasteiger partial charge >= 0.3 is 0 Å². The van der Waals surface area contributed by atoms with Gasteiger partial charge in [-0.2, -0.15) is 0 Å². The largest absolute Gasteiger partial charge is 0.334 e. The Hall–Kier alpha value is -2.92. The molecule has 0 aliphatic heterocycles. The number of nitrogens with zero attached hydrogens (tertiary/aromatic N) is 3. The Balaban J connectivity index is 1.88. The van der Waals surface area contributed by atoms with Crippen LogP contribution in [0.1, 0.15) is 35.6 Å². The summed E-state index contributed by atoms with van der Waals surface area (Å²) in [5.74, 6) is 0.214. The number of carbonyl (C=O) groups is 1. The van der Waals surface area contributed by atoms with E-state index in [-0.39, 0.29) is 11.9 Å². The molecule has 0 fully saturated rings. The fourth-order valence-electron chi connectivity index (χ4n) is 2.81. The zero-order valence-corrected chi connectivity index (χ0v) is 16.9. The number of benzene rings is 2. The SMILES string of the molecule is Cc1cc(C(=O)Nc2ccccc2Cl)nc(N(Cc2ccccc2)C(C)C)n1. The van der Waals surface area contributed by atoms with E-state index < -0.39 is 0 Å². The van der Waals surface area contributed by atoms with Crippen LogP contribution in [-0.4, -0.2) is 21.9 Å². The van der Waals surface area contributed by atoms with Gasteiger partial charge in [-0.15, -0.1) is 0 Å². The van der Waals surface area contributed by atoms with Crippen molar-refractivity contribution in [2.24, 2.45) is 0 Å². The summed E-state index contributed by atoms with van der Waals surface area (Å²) < 4.78 is 0. The number of anilines is 2. The molecule has 0 atom stereocenters. The van der Waals surface area contributed by atoms with E-state index in [2.05, 4.69) is 46.2 Å². The smallest absolute Gasteiger partial charge is 0.274 e. The number of hydrogen-bond acceptors (Lipinski definition) is 4. The van der Waals surface area contributed by atoms with Gasteiger partial charge in [0.2, 0.25) is 5.95 Å². The van der Waals surface area contributed by atoms with Gasteiger partial charge in [0, 0.05) is 18.3 Å². The fourth-order valence-corrected chi connectivity index (χ4v) is 2.99. The molecule has 0 radical (unpaired) electrons. The molecule has 144 valence electrons. The highest BCUT2D eigenvalue weighted by Crippen LogP contribution is 2.22. The zero-order valence-electron chi connectivity index (χ0n) is 16.2. The third kappa shape index (κ3) is 4.87. The average molecular weight is 395 g/mol. The van der Waals surface area contributed by atoms with Crippen molar-refractivity contribution in [1.82, 2.24) is 9.97 Å². The average Bonchev–Trinajstić information content (AvgIpc) is 2.68. The predicted octanol–water partition coefficient (Wildman–Crippen LogP) is 5.11. The molecule has 0 aliphatic rings. The van der Waals surface area contributed by atoms with Crippen molar-refractivity contribution in [1.29, 1.82) is 0 Å². The van der Waals surface area contributed by atoms with E-state index in [1.807, 2.05) is 37.3 Å². The minimum Gasteiger partial charge on any atom is -0.334 e. The topological polar surface area (TPSA) is 58.1 Å². The van der Waals surface area contributed by atoms with Gasteiger partial charge in [0.05, 0.1) is 10.7 Å². The van der Waals surface area contributed by atoms with E-state index in [1.54, 1.807) is 18.2 Å². The standard InChI is InChI=1S/C22H23ClN4O/c1-15(2)27(14-17-9-5-4-6-10-17)22-24-16(3)13-20(26-22)21(28)25-19-12-8-7-11-18(19)23/h4-13,15H,14H2,1-3H3,(H,25,28). The van der Waals surface area contributed by atoms with E-state index in [0.717, 1.165) is 11.3 Å². The van der Waals surface area contributed by atoms with Gasteiger partial charge in [-0.1, -0.05) is 54.1 Å². The Kier molecular flexibility index (Phi) is 6.26. The molecule has 0 aliphatic carbocycles. The number of rotatable bonds is 6. The van der Waals surface area contributed by atoms with Crippen molar-refractivity contribution >= 4 is 29.1 Å². The zero-order chi connectivity index (χ0) is 20.1. The third-order valence-corrected chi connectivity index (χ3v) is 4.60. The van der Waals surface area contributed by atoms with Crippen LogP contribution in [0.5, 0.6) is 0 Å². The summed E-state index contributed by atoms with van der Waals surface area (Å²) in [6, 6.07) is 19.1. The van der Waals surface area contributed by atoms with Crippen LogP contribution in [0.3, 0.4) is 0 Å². The molecular weight excluding hydrogens is 372 g/mol. The number of aromatic nitrogens is 2. The highest BCUT2D eigenvalue weighted by atomic mass is 35.5. The first-order valence-corrected chi connectivity index (χ1v) is 9.54. The summed E-state index contributed by atoms with van der Waals surface area (Å²) in [6.45, 7) is 6.68. The molecule has 6 heteroatoms. The molecule has 2 aromatic carbocycles. The number of halogens is 1. The van der Waals surface area contributed by atoms with Crippen LogP contribution in [0.2, 0.25) is 5.02 Å². The number of amides is 1. The predicted molar refractivity (Wildman–Crippen MR) is 114 cm³/mol. The highest BCUT2D eigenvalue weighted by Gasteiger charge is 2.18. The number of para-hydroxylation sites is 1. The fraction of sp³-hybridized carbons (Fsp3) is 0.227. The second-order valence-corrected chi connectivity index (χ2v) is 7.24. The first kappa shape index (κ1) is 19.8. The Morgan fingerprint density at radius 3 is 2.43 bits per heavy atom. The summed E-state index contributed by atoms with van der Waals surface area (Å²) in [5, 5.41) is 3.30. The highest BCUT2D eigenvalue weighted by molar-refractivity contribution is 6.33. The maximum absolute atomic E-state index is 12.7. The second kappa shape index (κ2) is 8.85. The Morgan fingerprint density at radius 1 is 1.07 bits per heavy atom. The molecule has 1 amide bonds. The molecule has 0 bridgehead atoms. The molecule has 0 spiro atoms. The van der Waals surface area contributed by atoms with Crippen LogP contribution in [0.15, 0.2) is 60.7 Å².